The Bertz CT molecular complexity index is 468. The summed E-state index contributed by atoms with van der Waals surface area (Å²) < 4.78 is 31.7. The Kier molecular flexibility index (Phi) is 5.64. The summed E-state index contributed by atoms with van der Waals surface area (Å²) in [4.78, 5) is 12.5. The highest BCUT2D eigenvalue weighted by molar-refractivity contribution is 5.66. The molecule has 0 saturated carbocycles. The van der Waals surface area contributed by atoms with Crippen molar-refractivity contribution in [2.24, 2.45) is 0 Å². The zero-order chi connectivity index (χ0) is 15.2. The summed E-state index contributed by atoms with van der Waals surface area (Å²) in [6, 6.07) is 3.56. The monoisotopic (exact) mass is 299 g/mol. The quantitative estimate of drug-likeness (QED) is 0.876. The maximum atomic E-state index is 13.1. The van der Waals surface area contributed by atoms with Crippen LogP contribution in [0, 0.1) is 11.6 Å². The van der Waals surface area contributed by atoms with E-state index in [1.807, 2.05) is 0 Å². The Labute approximate surface area is 122 Å². The fourth-order valence-corrected chi connectivity index (χ4v) is 2.51. The number of carbonyl (C=O) groups is 1. The van der Waals surface area contributed by atoms with Crippen molar-refractivity contribution in [2.45, 2.75) is 31.9 Å². The van der Waals surface area contributed by atoms with E-state index < -0.39 is 17.6 Å². The van der Waals surface area contributed by atoms with Crippen LogP contribution < -0.4 is 0 Å². The van der Waals surface area contributed by atoms with Gasteiger partial charge in [-0.15, -0.1) is 0 Å². The number of hydrogen-bond acceptors (Lipinski definition) is 3. The molecule has 1 heterocycles. The first-order chi connectivity index (χ1) is 10.0. The number of ether oxygens (including phenoxy) is 1. The topological polar surface area (TPSA) is 49.8 Å². The van der Waals surface area contributed by atoms with Crippen LogP contribution in [0.15, 0.2) is 18.2 Å². The average molecular weight is 299 g/mol. The number of carboxylic acids is 1. The molecular weight excluding hydrogens is 280 g/mol. The van der Waals surface area contributed by atoms with Crippen LogP contribution in [0.2, 0.25) is 0 Å². The largest absolute Gasteiger partial charge is 0.481 e. The van der Waals surface area contributed by atoms with E-state index in [-0.39, 0.29) is 19.1 Å². The molecule has 6 heteroatoms. The van der Waals surface area contributed by atoms with Crippen molar-refractivity contribution in [1.29, 1.82) is 0 Å². The first-order valence-electron chi connectivity index (χ1n) is 7.03. The Hall–Kier alpha value is -1.53. The van der Waals surface area contributed by atoms with Gasteiger partial charge in [-0.05, 0) is 30.5 Å². The van der Waals surface area contributed by atoms with Gasteiger partial charge < -0.3 is 9.84 Å². The third-order valence-electron chi connectivity index (χ3n) is 3.53. The molecule has 1 aliphatic rings. The molecule has 0 aliphatic carbocycles. The number of piperidine rings is 1. The number of rotatable bonds is 6. The number of benzene rings is 1. The number of carboxylic acid groups (broad SMARTS) is 1. The summed E-state index contributed by atoms with van der Waals surface area (Å²) >= 11 is 0. The molecule has 4 nitrogen and oxygen atoms in total. The molecule has 1 N–H and O–H groups in total. The summed E-state index contributed by atoms with van der Waals surface area (Å²) in [6.45, 7) is 2.29. The SMILES string of the molecule is O=C(O)CCOC1CCN(Cc2cc(F)cc(F)c2)CC1. The predicted molar refractivity (Wildman–Crippen MR) is 72.9 cm³/mol. The van der Waals surface area contributed by atoms with Crippen LogP contribution in [0.4, 0.5) is 8.78 Å². The minimum atomic E-state index is -0.861. The lowest BCUT2D eigenvalue weighted by atomic mass is 10.1. The maximum Gasteiger partial charge on any atom is 0.305 e. The van der Waals surface area contributed by atoms with Gasteiger partial charge in [-0.2, -0.15) is 0 Å². The second-order valence-electron chi connectivity index (χ2n) is 5.27. The van der Waals surface area contributed by atoms with Crippen molar-refractivity contribution >= 4 is 5.97 Å². The van der Waals surface area contributed by atoms with Crippen molar-refractivity contribution < 1.29 is 23.4 Å². The fraction of sp³-hybridized carbons (Fsp3) is 0.533. The molecule has 0 spiro atoms. The van der Waals surface area contributed by atoms with E-state index in [2.05, 4.69) is 4.90 Å². The molecule has 0 amide bonds. The van der Waals surface area contributed by atoms with Crippen LogP contribution in [-0.2, 0) is 16.1 Å². The normalized spacial score (nSPS) is 17.0. The standard InChI is InChI=1S/C15H19F2NO3/c16-12-7-11(8-13(17)9-12)10-18-4-1-14(2-5-18)21-6-3-15(19)20/h7-9,14H,1-6,10H2,(H,19,20). The van der Waals surface area contributed by atoms with Crippen molar-refractivity contribution in [3.8, 4) is 0 Å². The van der Waals surface area contributed by atoms with E-state index in [9.17, 15) is 13.6 Å². The third kappa shape index (κ3) is 5.40. The second-order valence-corrected chi connectivity index (χ2v) is 5.27. The average Bonchev–Trinajstić information content (AvgIpc) is 2.39. The molecule has 116 valence electrons. The molecule has 1 aliphatic heterocycles. The van der Waals surface area contributed by atoms with Gasteiger partial charge in [0.2, 0.25) is 0 Å². The molecular formula is C15H19F2NO3. The van der Waals surface area contributed by atoms with Crippen molar-refractivity contribution in [3.63, 3.8) is 0 Å². The zero-order valence-corrected chi connectivity index (χ0v) is 11.7. The number of likely N-dealkylation sites (tertiary alicyclic amines) is 1. The molecule has 1 aromatic carbocycles. The molecule has 0 radical (unpaired) electrons. The van der Waals surface area contributed by atoms with Crippen molar-refractivity contribution in [1.82, 2.24) is 4.90 Å². The van der Waals surface area contributed by atoms with Crippen molar-refractivity contribution in [3.05, 3.63) is 35.4 Å². The molecule has 0 unspecified atom stereocenters. The number of aliphatic carboxylic acids is 1. The minimum Gasteiger partial charge on any atom is -0.481 e. The third-order valence-corrected chi connectivity index (χ3v) is 3.53. The molecule has 1 fully saturated rings. The summed E-state index contributed by atoms with van der Waals surface area (Å²) in [7, 11) is 0. The summed E-state index contributed by atoms with van der Waals surface area (Å²) in [6.07, 6.45) is 1.70. The lowest BCUT2D eigenvalue weighted by Crippen LogP contribution is -2.36. The lowest BCUT2D eigenvalue weighted by Gasteiger charge is -2.31. The summed E-state index contributed by atoms with van der Waals surface area (Å²) in [5, 5.41) is 8.54. The van der Waals surface area contributed by atoms with Crippen LogP contribution in [0.3, 0.4) is 0 Å². The number of hydrogen-bond donors (Lipinski definition) is 1. The van der Waals surface area contributed by atoms with Crippen molar-refractivity contribution in [2.75, 3.05) is 19.7 Å². The van der Waals surface area contributed by atoms with Gasteiger partial charge in [0.15, 0.2) is 0 Å². The van der Waals surface area contributed by atoms with Gasteiger partial charge in [0.25, 0.3) is 0 Å². The highest BCUT2D eigenvalue weighted by Crippen LogP contribution is 2.17. The van der Waals surface area contributed by atoms with E-state index in [1.54, 1.807) is 0 Å². The first kappa shape index (κ1) is 15.9. The van der Waals surface area contributed by atoms with Crippen LogP contribution in [0.5, 0.6) is 0 Å². The van der Waals surface area contributed by atoms with Gasteiger partial charge in [0, 0.05) is 25.7 Å². The minimum absolute atomic E-state index is 0.0167. The van der Waals surface area contributed by atoms with Crippen LogP contribution in [0.1, 0.15) is 24.8 Å². The Morgan fingerprint density at radius 3 is 2.43 bits per heavy atom. The number of halogens is 2. The summed E-state index contributed by atoms with van der Waals surface area (Å²) in [5.74, 6) is -1.98. The molecule has 1 saturated heterocycles. The molecule has 0 bridgehead atoms. The van der Waals surface area contributed by atoms with Gasteiger partial charge in [0.1, 0.15) is 11.6 Å². The van der Waals surface area contributed by atoms with Gasteiger partial charge in [-0.1, -0.05) is 0 Å². The molecule has 1 aromatic rings. The van der Waals surface area contributed by atoms with Gasteiger partial charge in [0.05, 0.1) is 19.1 Å². The number of nitrogens with zero attached hydrogens (tertiary/aromatic N) is 1. The van der Waals surface area contributed by atoms with Crippen LogP contribution in [0.25, 0.3) is 0 Å². The zero-order valence-electron chi connectivity index (χ0n) is 11.7. The smallest absolute Gasteiger partial charge is 0.305 e. The van der Waals surface area contributed by atoms with Gasteiger partial charge in [-0.25, -0.2) is 8.78 Å². The maximum absolute atomic E-state index is 13.1. The molecule has 0 aromatic heterocycles. The van der Waals surface area contributed by atoms with E-state index in [1.165, 1.54) is 12.1 Å². The predicted octanol–water partition coefficient (Wildman–Crippen LogP) is 2.42. The summed E-state index contributed by atoms with van der Waals surface area (Å²) in [5.41, 5.74) is 0.623. The van der Waals surface area contributed by atoms with E-state index in [0.717, 1.165) is 32.0 Å². The second kappa shape index (κ2) is 7.47. The van der Waals surface area contributed by atoms with Gasteiger partial charge in [-0.3, -0.25) is 9.69 Å². The Balaban J connectivity index is 1.75. The highest BCUT2D eigenvalue weighted by Gasteiger charge is 2.20. The first-order valence-corrected chi connectivity index (χ1v) is 7.03. The lowest BCUT2D eigenvalue weighted by molar-refractivity contribution is -0.138. The Morgan fingerprint density at radius 1 is 1.24 bits per heavy atom. The molecule has 2 rings (SSSR count). The molecule has 0 atom stereocenters. The van der Waals surface area contributed by atoms with Gasteiger partial charge >= 0.3 is 5.97 Å². The van der Waals surface area contributed by atoms with Crippen LogP contribution in [-0.4, -0.2) is 41.8 Å². The van der Waals surface area contributed by atoms with Crippen LogP contribution >= 0.6 is 0 Å². The van der Waals surface area contributed by atoms with E-state index in [0.29, 0.717) is 12.1 Å². The highest BCUT2D eigenvalue weighted by atomic mass is 19.1. The fourth-order valence-electron chi connectivity index (χ4n) is 2.51. The Morgan fingerprint density at radius 2 is 1.86 bits per heavy atom. The van der Waals surface area contributed by atoms with E-state index in [4.69, 9.17) is 9.84 Å². The molecule has 21 heavy (non-hydrogen) atoms. The van der Waals surface area contributed by atoms with E-state index >= 15 is 0 Å².